The average molecular weight is 349 g/mol. The summed E-state index contributed by atoms with van der Waals surface area (Å²) >= 11 is 1.43. The number of amides is 3. The highest BCUT2D eigenvalue weighted by atomic mass is 32.2. The number of alkyl halides is 1. The Morgan fingerprint density at radius 2 is 2.04 bits per heavy atom. The molecule has 1 aliphatic rings. The van der Waals surface area contributed by atoms with Gasteiger partial charge < -0.3 is 20.6 Å². The van der Waals surface area contributed by atoms with Crippen LogP contribution in [0.15, 0.2) is 0 Å². The van der Waals surface area contributed by atoms with Crippen molar-refractivity contribution in [2.24, 2.45) is 0 Å². The zero-order valence-electron chi connectivity index (χ0n) is 13.8. The summed E-state index contributed by atoms with van der Waals surface area (Å²) in [7, 11) is 1.48. The zero-order chi connectivity index (χ0) is 17.8. The quantitative estimate of drug-likeness (QED) is 0.608. The predicted octanol–water partition coefficient (Wildman–Crippen LogP) is -0.362. The SMILES string of the molecule is CC[C@H](NC(=O)CF)[C@H](O)C(=O)N1CSC(C)(C)C1C(=O)NC. The number of hydrogen-bond acceptors (Lipinski definition) is 5. The fraction of sp³-hybridized carbons (Fsp3) is 0.786. The van der Waals surface area contributed by atoms with E-state index in [0.29, 0.717) is 0 Å². The highest BCUT2D eigenvalue weighted by Gasteiger charge is 2.49. The number of carbonyl (C=O) groups excluding carboxylic acids is 3. The standard InChI is InChI=1S/C14H24FN3O4S/c1-5-8(17-9(19)6-15)10(20)13(22)18-7-23-14(2,3)11(18)12(21)16-4/h8,10-11,20H,5-7H2,1-4H3,(H,16,21)(H,17,19)/t8-,10-,11?/m0/s1. The maximum absolute atomic E-state index is 12.6. The van der Waals surface area contributed by atoms with Crippen LogP contribution in [0.25, 0.3) is 0 Å². The second-order valence-electron chi connectivity index (χ2n) is 5.86. The molecule has 1 saturated heterocycles. The summed E-state index contributed by atoms with van der Waals surface area (Å²) in [5.74, 6) is -1.60. The van der Waals surface area contributed by atoms with Gasteiger partial charge in [-0.05, 0) is 20.3 Å². The maximum atomic E-state index is 12.6. The fourth-order valence-electron chi connectivity index (χ4n) is 2.54. The lowest BCUT2D eigenvalue weighted by molar-refractivity contribution is -0.147. The van der Waals surface area contributed by atoms with Crippen molar-refractivity contribution in [2.45, 2.75) is 50.1 Å². The summed E-state index contributed by atoms with van der Waals surface area (Å²) in [6.45, 7) is 4.14. The number of halogens is 1. The van der Waals surface area contributed by atoms with Crippen LogP contribution in [0.5, 0.6) is 0 Å². The summed E-state index contributed by atoms with van der Waals surface area (Å²) < 4.78 is 11.8. The van der Waals surface area contributed by atoms with E-state index in [1.165, 1.54) is 23.7 Å². The fourth-order valence-corrected chi connectivity index (χ4v) is 3.68. The van der Waals surface area contributed by atoms with Crippen LogP contribution in [0.1, 0.15) is 27.2 Å². The largest absolute Gasteiger partial charge is 0.381 e. The average Bonchev–Trinajstić information content (AvgIpc) is 2.85. The van der Waals surface area contributed by atoms with E-state index in [2.05, 4.69) is 10.6 Å². The minimum atomic E-state index is -1.53. The molecule has 0 radical (unpaired) electrons. The normalized spacial score (nSPS) is 22.3. The lowest BCUT2D eigenvalue weighted by Crippen LogP contribution is -2.58. The second-order valence-corrected chi connectivity index (χ2v) is 7.46. The Kier molecular flexibility index (Phi) is 6.82. The molecule has 0 aromatic carbocycles. The molecule has 1 rings (SSSR count). The molecule has 1 aliphatic heterocycles. The van der Waals surface area contributed by atoms with E-state index in [1.807, 2.05) is 13.8 Å². The molecule has 0 bridgehead atoms. The van der Waals surface area contributed by atoms with Gasteiger partial charge in [0.2, 0.25) is 5.91 Å². The van der Waals surface area contributed by atoms with Gasteiger partial charge in [-0.2, -0.15) is 0 Å². The van der Waals surface area contributed by atoms with Crippen molar-refractivity contribution in [1.82, 2.24) is 15.5 Å². The van der Waals surface area contributed by atoms with E-state index in [4.69, 9.17) is 0 Å². The van der Waals surface area contributed by atoms with E-state index >= 15 is 0 Å². The molecule has 0 aromatic rings. The van der Waals surface area contributed by atoms with Crippen LogP contribution in [0.4, 0.5) is 4.39 Å². The third-order valence-electron chi connectivity index (χ3n) is 3.87. The molecule has 0 saturated carbocycles. The lowest BCUT2D eigenvalue weighted by atomic mass is 9.99. The smallest absolute Gasteiger partial charge is 0.254 e. The topological polar surface area (TPSA) is 98.7 Å². The van der Waals surface area contributed by atoms with Crippen molar-refractivity contribution < 1.29 is 23.9 Å². The molecule has 23 heavy (non-hydrogen) atoms. The van der Waals surface area contributed by atoms with Crippen LogP contribution in [-0.4, -0.2) is 70.3 Å². The van der Waals surface area contributed by atoms with Gasteiger partial charge in [-0.25, -0.2) is 4.39 Å². The summed E-state index contributed by atoms with van der Waals surface area (Å²) in [6.07, 6.45) is -1.27. The minimum absolute atomic E-state index is 0.258. The van der Waals surface area contributed by atoms with Gasteiger partial charge in [0, 0.05) is 11.8 Å². The first-order chi connectivity index (χ1) is 10.7. The van der Waals surface area contributed by atoms with Crippen LogP contribution >= 0.6 is 11.8 Å². The maximum Gasteiger partial charge on any atom is 0.254 e. The van der Waals surface area contributed by atoms with E-state index in [0.717, 1.165) is 0 Å². The molecule has 0 aliphatic carbocycles. The lowest BCUT2D eigenvalue weighted by Gasteiger charge is -2.32. The van der Waals surface area contributed by atoms with E-state index < -0.39 is 41.4 Å². The van der Waals surface area contributed by atoms with Gasteiger partial charge in [-0.1, -0.05) is 6.92 Å². The van der Waals surface area contributed by atoms with Crippen molar-refractivity contribution >= 4 is 29.5 Å². The summed E-state index contributed by atoms with van der Waals surface area (Å²) in [5.41, 5.74) is 0. The molecule has 1 fully saturated rings. The molecule has 1 heterocycles. The first-order valence-corrected chi connectivity index (χ1v) is 8.37. The first-order valence-electron chi connectivity index (χ1n) is 7.39. The summed E-state index contributed by atoms with van der Waals surface area (Å²) in [5, 5.41) is 15.1. The number of carbonyl (C=O) groups is 3. The Balaban J connectivity index is 2.93. The monoisotopic (exact) mass is 349 g/mol. The van der Waals surface area contributed by atoms with Gasteiger partial charge in [0.05, 0.1) is 11.9 Å². The van der Waals surface area contributed by atoms with Crippen molar-refractivity contribution in [3.63, 3.8) is 0 Å². The molecule has 3 amide bonds. The second kappa shape index (κ2) is 7.96. The molecule has 3 N–H and O–H groups in total. The summed E-state index contributed by atoms with van der Waals surface area (Å²) in [6, 6.07) is -1.63. The Hall–Kier alpha value is -1.35. The Bertz CT molecular complexity index is 475. The van der Waals surface area contributed by atoms with E-state index in [1.54, 1.807) is 6.92 Å². The number of hydrogen-bond donors (Lipinski definition) is 3. The van der Waals surface area contributed by atoms with E-state index in [9.17, 15) is 23.9 Å². The van der Waals surface area contributed by atoms with Crippen molar-refractivity contribution in [2.75, 3.05) is 19.6 Å². The molecule has 132 valence electrons. The zero-order valence-corrected chi connectivity index (χ0v) is 14.6. The predicted molar refractivity (Wildman–Crippen MR) is 85.4 cm³/mol. The van der Waals surface area contributed by atoms with Crippen LogP contribution < -0.4 is 10.6 Å². The number of likely N-dealkylation sites (N-methyl/N-ethyl adjacent to an activating group) is 1. The number of nitrogens with zero attached hydrogens (tertiary/aromatic N) is 1. The molecular weight excluding hydrogens is 325 g/mol. The molecule has 0 aromatic heterocycles. The number of aliphatic hydroxyl groups is 1. The molecule has 9 heteroatoms. The summed E-state index contributed by atoms with van der Waals surface area (Å²) in [4.78, 5) is 37.1. The minimum Gasteiger partial charge on any atom is -0.381 e. The Morgan fingerprint density at radius 3 is 2.52 bits per heavy atom. The van der Waals surface area contributed by atoms with Gasteiger partial charge in [-0.15, -0.1) is 11.8 Å². The third-order valence-corrected chi connectivity index (χ3v) is 5.24. The van der Waals surface area contributed by atoms with Crippen molar-refractivity contribution in [3.05, 3.63) is 0 Å². The number of rotatable bonds is 6. The Labute approximate surface area is 139 Å². The number of nitrogens with one attached hydrogen (secondary N) is 2. The molecule has 0 spiro atoms. The van der Waals surface area contributed by atoms with Crippen LogP contribution in [0.2, 0.25) is 0 Å². The van der Waals surface area contributed by atoms with Gasteiger partial charge >= 0.3 is 0 Å². The van der Waals surface area contributed by atoms with Crippen LogP contribution in [-0.2, 0) is 14.4 Å². The van der Waals surface area contributed by atoms with Gasteiger partial charge in [0.15, 0.2) is 12.8 Å². The van der Waals surface area contributed by atoms with Crippen molar-refractivity contribution in [3.8, 4) is 0 Å². The van der Waals surface area contributed by atoms with Gasteiger partial charge in [-0.3, -0.25) is 14.4 Å². The highest BCUT2D eigenvalue weighted by Crippen LogP contribution is 2.39. The number of thioether (sulfide) groups is 1. The third kappa shape index (κ3) is 4.35. The Morgan fingerprint density at radius 1 is 1.43 bits per heavy atom. The molecule has 7 nitrogen and oxygen atoms in total. The molecule has 1 unspecified atom stereocenters. The molecular formula is C14H24FN3O4S. The highest BCUT2D eigenvalue weighted by molar-refractivity contribution is 8.00. The van der Waals surface area contributed by atoms with Gasteiger partial charge in [0.1, 0.15) is 6.04 Å². The first kappa shape index (κ1) is 19.7. The van der Waals surface area contributed by atoms with Gasteiger partial charge in [0.25, 0.3) is 11.8 Å². The van der Waals surface area contributed by atoms with Crippen molar-refractivity contribution in [1.29, 1.82) is 0 Å². The molecule has 3 atom stereocenters. The number of aliphatic hydroxyl groups excluding tert-OH is 1. The van der Waals surface area contributed by atoms with Crippen LogP contribution in [0.3, 0.4) is 0 Å². The van der Waals surface area contributed by atoms with Crippen LogP contribution in [0, 0.1) is 0 Å². The van der Waals surface area contributed by atoms with E-state index in [-0.39, 0.29) is 18.2 Å².